The lowest BCUT2D eigenvalue weighted by Crippen LogP contribution is -2.12. The second-order valence-electron chi connectivity index (χ2n) is 5.89. The Hall–Kier alpha value is -1.70. The quantitative estimate of drug-likeness (QED) is 0.279. The standard InChI is InChI=1S/C19H21BrO5S/c1-3-4-10-25-15-7-5-6-14(11-15)18-13(2)8-9-17(26(22,23)24)19(18)16(21)12-20/h5-9,11H,3-4,10,12H2,1-2H3,(H,22,23,24). The van der Waals surface area contributed by atoms with Crippen molar-refractivity contribution in [2.24, 2.45) is 0 Å². The van der Waals surface area contributed by atoms with E-state index in [0.717, 1.165) is 18.4 Å². The number of alkyl halides is 1. The van der Waals surface area contributed by atoms with Crippen molar-refractivity contribution in [1.29, 1.82) is 0 Å². The Kier molecular flexibility index (Phi) is 6.97. The number of hydrogen-bond donors (Lipinski definition) is 1. The van der Waals surface area contributed by atoms with Gasteiger partial charge in [0, 0.05) is 5.56 Å². The van der Waals surface area contributed by atoms with Crippen LogP contribution in [0.5, 0.6) is 5.75 Å². The van der Waals surface area contributed by atoms with Crippen molar-refractivity contribution < 1.29 is 22.5 Å². The molecule has 2 rings (SSSR count). The molecule has 0 saturated heterocycles. The van der Waals surface area contributed by atoms with Gasteiger partial charge in [0.1, 0.15) is 10.6 Å². The second kappa shape index (κ2) is 8.79. The normalized spacial score (nSPS) is 11.4. The number of ketones is 1. The maximum absolute atomic E-state index is 12.5. The number of unbranched alkanes of at least 4 members (excludes halogenated alkanes) is 1. The molecule has 0 aliphatic heterocycles. The first-order valence-corrected chi connectivity index (χ1v) is 10.8. The average molecular weight is 441 g/mol. The Morgan fingerprint density at radius 2 is 1.96 bits per heavy atom. The number of rotatable bonds is 8. The maximum Gasteiger partial charge on any atom is 0.295 e. The van der Waals surface area contributed by atoms with Gasteiger partial charge in [-0.05, 0) is 48.2 Å². The molecule has 0 radical (unpaired) electrons. The molecule has 0 heterocycles. The molecule has 140 valence electrons. The Bertz CT molecular complexity index is 906. The molecule has 26 heavy (non-hydrogen) atoms. The minimum atomic E-state index is -4.54. The van der Waals surface area contributed by atoms with Crippen molar-refractivity contribution in [3.8, 4) is 16.9 Å². The number of aryl methyl sites for hydroxylation is 1. The van der Waals surface area contributed by atoms with Crippen molar-refractivity contribution in [2.75, 3.05) is 11.9 Å². The van der Waals surface area contributed by atoms with Crippen LogP contribution < -0.4 is 4.74 Å². The van der Waals surface area contributed by atoms with Gasteiger partial charge in [0.15, 0.2) is 5.78 Å². The van der Waals surface area contributed by atoms with E-state index in [1.54, 1.807) is 31.2 Å². The summed E-state index contributed by atoms with van der Waals surface area (Å²) in [6, 6.07) is 10.00. The Balaban J connectivity index is 2.65. The van der Waals surface area contributed by atoms with Gasteiger partial charge in [-0.2, -0.15) is 8.42 Å². The van der Waals surface area contributed by atoms with Gasteiger partial charge in [-0.3, -0.25) is 9.35 Å². The Morgan fingerprint density at radius 3 is 2.58 bits per heavy atom. The molecule has 2 aromatic rings. The van der Waals surface area contributed by atoms with Crippen LogP contribution in [-0.4, -0.2) is 30.7 Å². The van der Waals surface area contributed by atoms with Gasteiger partial charge >= 0.3 is 0 Å². The van der Waals surface area contributed by atoms with E-state index in [1.165, 1.54) is 6.07 Å². The lowest BCUT2D eigenvalue weighted by Gasteiger charge is -2.16. The van der Waals surface area contributed by atoms with Gasteiger partial charge in [0.2, 0.25) is 0 Å². The van der Waals surface area contributed by atoms with Gasteiger partial charge in [-0.1, -0.05) is 47.5 Å². The fourth-order valence-corrected chi connectivity index (χ4v) is 3.69. The van der Waals surface area contributed by atoms with E-state index in [4.69, 9.17) is 4.74 Å². The van der Waals surface area contributed by atoms with Crippen LogP contribution in [0.15, 0.2) is 41.3 Å². The fourth-order valence-electron chi connectivity index (χ4n) is 2.69. The van der Waals surface area contributed by atoms with E-state index in [-0.39, 0.29) is 15.8 Å². The van der Waals surface area contributed by atoms with E-state index in [1.807, 2.05) is 6.07 Å². The van der Waals surface area contributed by atoms with E-state index >= 15 is 0 Å². The molecular weight excluding hydrogens is 420 g/mol. The summed E-state index contributed by atoms with van der Waals surface area (Å²) in [5, 5.41) is -0.0569. The van der Waals surface area contributed by atoms with Crippen LogP contribution in [0, 0.1) is 6.92 Å². The summed E-state index contributed by atoms with van der Waals surface area (Å²) in [5.74, 6) is 0.221. The smallest absolute Gasteiger partial charge is 0.295 e. The molecule has 0 aliphatic rings. The van der Waals surface area contributed by atoms with Crippen LogP contribution in [-0.2, 0) is 10.1 Å². The number of carbonyl (C=O) groups excluding carboxylic acids is 1. The van der Waals surface area contributed by atoms with Gasteiger partial charge in [0.05, 0.1) is 11.9 Å². The number of Topliss-reactive ketones (excluding diaryl/α,β-unsaturated/α-hetero) is 1. The summed E-state index contributed by atoms with van der Waals surface area (Å²) in [6.07, 6.45) is 1.94. The van der Waals surface area contributed by atoms with Crippen LogP contribution in [0.25, 0.3) is 11.1 Å². The fraction of sp³-hybridized carbons (Fsp3) is 0.316. The zero-order valence-corrected chi connectivity index (χ0v) is 17.1. The zero-order valence-electron chi connectivity index (χ0n) is 14.7. The van der Waals surface area contributed by atoms with E-state index < -0.39 is 15.9 Å². The van der Waals surface area contributed by atoms with Crippen LogP contribution >= 0.6 is 15.9 Å². The molecular formula is C19H21BrO5S. The molecule has 2 aromatic carbocycles. The SMILES string of the molecule is CCCCOc1cccc(-c2c(C)ccc(S(=O)(=O)O)c2C(=O)CBr)c1. The number of ether oxygens (including phenoxy) is 1. The molecule has 0 unspecified atom stereocenters. The van der Waals surface area contributed by atoms with Crippen molar-refractivity contribution >= 4 is 31.8 Å². The second-order valence-corrected chi connectivity index (χ2v) is 7.84. The highest BCUT2D eigenvalue weighted by Crippen LogP contribution is 2.34. The predicted octanol–water partition coefficient (Wildman–Crippen LogP) is 4.67. The molecule has 0 amide bonds. The van der Waals surface area contributed by atoms with Crippen molar-refractivity contribution in [1.82, 2.24) is 0 Å². The third-order valence-electron chi connectivity index (χ3n) is 3.94. The van der Waals surface area contributed by atoms with Gasteiger partial charge in [-0.15, -0.1) is 0 Å². The van der Waals surface area contributed by atoms with Crippen LogP contribution in [0.4, 0.5) is 0 Å². The lowest BCUT2D eigenvalue weighted by molar-refractivity contribution is 0.102. The van der Waals surface area contributed by atoms with Gasteiger partial charge in [0.25, 0.3) is 10.1 Å². The lowest BCUT2D eigenvalue weighted by atomic mass is 9.93. The summed E-state index contributed by atoms with van der Waals surface area (Å²) in [6.45, 7) is 4.44. The third-order valence-corrected chi connectivity index (χ3v) is 5.35. The molecule has 0 aromatic heterocycles. The first-order valence-electron chi connectivity index (χ1n) is 8.23. The monoisotopic (exact) mass is 440 g/mol. The van der Waals surface area contributed by atoms with Crippen molar-refractivity contribution in [3.05, 3.63) is 47.5 Å². The molecule has 1 N–H and O–H groups in total. The van der Waals surface area contributed by atoms with Crippen LogP contribution in [0.3, 0.4) is 0 Å². The molecule has 0 bridgehead atoms. The molecule has 7 heteroatoms. The van der Waals surface area contributed by atoms with E-state index in [0.29, 0.717) is 23.5 Å². The highest BCUT2D eigenvalue weighted by Gasteiger charge is 2.25. The zero-order chi connectivity index (χ0) is 19.3. The summed E-state index contributed by atoms with van der Waals surface area (Å²) < 4.78 is 38.8. The number of hydrogen-bond acceptors (Lipinski definition) is 4. The summed E-state index contributed by atoms with van der Waals surface area (Å²) in [5.41, 5.74) is 1.85. The van der Waals surface area contributed by atoms with Crippen LogP contribution in [0.2, 0.25) is 0 Å². The molecule has 0 atom stereocenters. The first kappa shape index (κ1) is 20.6. The molecule has 0 aliphatic carbocycles. The number of benzene rings is 2. The van der Waals surface area contributed by atoms with Gasteiger partial charge < -0.3 is 4.74 Å². The average Bonchev–Trinajstić information content (AvgIpc) is 2.60. The highest BCUT2D eigenvalue weighted by atomic mass is 79.9. The predicted molar refractivity (Wildman–Crippen MR) is 105 cm³/mol. The molecule has 5 nitrogen and oxygen atoms in total. The van der Waals surface area contributed by atoms with Gasteiger partial charge in [-0.25, -0.2) is 0 Å². The minimum absolute atomic E-state index is 0.0184. The summed E-state index contributed by atoms with van der Waals surface area (Å²) >= 11 is 3.09. The van der Waals surface area contributed by atoms with E-state index in [2.05, 4.69) is 22.9 Å². The molecule has 0 saturated carbocycles. The maximum atomic E-state index is 12.5. The van der Waals surface area contributed by atoms with E-state index in [9.17, 15) is 17.8 Å². The third kappa shape index (κ3) is 4.72. The highest BCUT2D eigenvalue weighted by molar-refractivity contribution is 9.09. The van der Waals surface area contributed by atoms with Crippen LogP contribution in [0.1, 0.15) is 35.7 Å². The van der Waals surface area contributed by atoms with Crippen molar-refractivity contribution in [2.45, 2.75) is 31.6 Å². The number of carbonyl (C=O) groups is 1. The number of halogens is 1. The Morgan fingerprint density at radius 1 is 1.23 bits per heavy atom. The Labute approximate surface area is 162 Å². The van der Waals surface area contributed by atoms with Crippen molar-refractivity contribution in [3.63, 3.8) is 0 Å². The first-order chi connectivity index (χ1) is 12.3. The summed E-state index contributed by atoms with van der Waals surface area (Å²) in [7, 11) is -4.54. The largest absolute Gasteiger partial charge is 0.494 e. The molecule has 0 spiro atoms. The minimum Gasteiger partial charge on any atom is -0.494 e. The summed E-state index contributed by atoms with van der Waals surface area (Å²) in [4.78, 5) is 12.1. The molecule has 0 fully saturated rings. The topological polar surface area (TPSA) is 80.7 Å².